The molecule has 0 spiro atoms. The number of anilines is 1. The molecule has 0 bridgehead atoms. The summed E-state index contributed by atoms with van der Waals surface area (Å²) in [6.45, 7) is 3.75. The van der Waals surface area contributed by atoms with Crippen LogP contribution in [0.2, 0.25) is 0 Å². The van der Waals surface area contributed by atoms with Gasteiger partial charge in [0.05, 0.1) is 19.3 Å². The lowest BCUT2D eigenvalue weighted by molar-refractivity contribution is 0.271. The maximum atomic E-state index is 4.56. The Bertz CT molecular complexity index is 589. The van der Waals surface area contributed by atoms with E-state index in [1.54, 1.807) is 0 Å². The molecule has 0 unspecified atom stereocenters. The molecule has 3 rings (SSSR count). The van der Waals surface area contributed by atoms with Gasteiger partial charge in [-0.15, -0.1) is 0 Å². The molecule has 1 aliphatic heterocycles. The van der Waals surface area contributed by atoms with Crippen molar-refractivity contribution in [3.05, 3.63) is 58.7 Å². The molecule has 108 valence electrons. The van der Waals surface area contributed by atoms with Crippen molar-refractivity contribution in [1.82, 2.24) is 9.99 Å². The highest BCUT2D eigenvalue weighted by atomic mass is 79.9. The smallest absolute Gasteiger partial charge is 0.128 e. The zero-order chi connectivity index (χ0) is 14.5. The van der Waals surface area contributed by atoms with Gasteiger partial charge in [-0.1, -0.05) is 34.1 Å². The Labute approximate surface area is 133 Å². The SMILES string of the molecule is Brc1ccc(C=NN2CCN(c3ccccn3)CC2)cc1. The topological polar surface area (TPSA) is 31.7 Å². The second kappa shape index (κ2) is 6.72. The summed E-state index contributed by atoms with van der Waals surface area (Å²) < 4.78 is 1.09. The third kappa shape index (κ3) is 3.82. The average molecular weight is 345 g/mol. The van der Waals surface area contributed by atoms with E-state index in [1.807, 2.05) is 36.7 Å². The van der Waals surface area contributed by atoms with Crippen LogP contribution < -0.4 is 4.90 Å². The fourth-order valence-corrected chi connectivity index (χ4v) is 2.54. The van der Waals surface area contributed by atoms with Crippen molar-refractivity contribution >= 4 is 28.0 Å². The normalized spacial score (nSPS) is 15.7. The predicted octanol–water partition coefficient (Wildman–Crippen LogP) is 3.00. The van der Waals surface area contributed by atoms with Gasteiger partial charge < -0.3 is 4.90 Å². The van der Waals surface area contributed by atoms with E-state index in [1.165, 1.54) is 0 Å². The van der Waals surface area contributed by atoms with E-state index in [9.17, 15) is 0 Å². The summed E-state index contributed by atoms with van der Waals surface area (Å²) in [5.41, 5.74) is 1.12. The lowest BCUT2D eigenvalue weighted by Gasteiger charge is -2.33. The van der Waals surface area contributed by atoms with Gasteiger partial charge in [-0.3, -0.25) is 5.01 Å². The molecule has 0 atom stereocenters. The van der Waals surface area contributed by atoms with Crippen LogP contribution in [-0.2, 0) is 0 Å². The molecule has 1 aromatic carbocycles. The van der Waals surface area contributed by atoms with Crippen LogP contribution >= 0.6 is 15.9 Å². The maximum absolute atomic E-state index is 4.56. The third-order valence-electron chi connectivity index (χ3n) is 3.47. The van der Waals surface area contributed by atoms with Crippen LogP contribution in [-0.4, -0.2) is 42.4 Å². The summed E-state index contributed by atoms with van der Waals surface area (Å²) in [5, 5.41) is 6.67. The van der Waals surface area contributed by atoms with Gasteiger partial charge in [0, 0.05) is 23.8 Å². The fraction of sp³-hybridized carbons (Fsp3) is 0.250. The minimum absolute atomic E-state index is 0.920. The molecular weight excluding hydrogens is 328 g/mol. The van der Waals surface area contributed by atoms with Crippen molar-refractivity contribution in [2.75, 3.05) is 31.1 Å². The monoisotopic (exact) mass is 344 g/mol. The van der Waals surface area contributed by atoms with Crippen molar-refractivity contribution in [2.45, 2.75) is 0 Å². The van der Waals surface area contributed by atoms with Gasteiger partial charge in [-0.2, -0.15) is 5.10 Å². The van der Waals surface area contributed by atoms with E-state index >= 15 is 0 Å². The van der Waals surface area contributed by atoms with Crippen LogP contribution in [0.1, 0.15) is 5.56 Å². The highest BCUT2D eigenvalue weighted by Gasteiger charge is 2.15. The van der Waals surface area contributed by atoms with Crippen LogP contribution in [0.3, 0.4) is 0 Å². The molecule has 21 heavy (non-hydrogen) atoms. The van der Waals surface area contributed by atoms with Crippen molar-refractivity contribution in [3.63, 3.8) is 0 Å². The number of hydrazone groups is 1. The molecule has 0 saturated carbocycles. The zero-order valence-electron chi connectivity index (χ0n) is 11.7. The van der Waals surface area contributed by atoms with Crippen LogP contribution in [0.15, 0.2) is 58.2 Å². The van der Waals surface area contributed by atoms with E-state index < -0.39 is 0 Å². The highest BCUT2D eigenvalue weighted by molar-refractivity contribution is 9.10. The molecule has 0 radical (unpaired) electrons. The number of hydrogen-bond donors (Lipinski definition) is 0. The summed E-state index contributed by atoms with van der Waals surface area (Å²) >= 11 is 3.44. The molecule has 2 aromatic rings. The first kappa shape index (κ1) is 14.1. The number of benzene rings is 1. The molecule has 2 heterocycles. The minimum atomic E-state index is 0.920. The standard InChI is InChI=1S/C16H17BrN4/c17-15-6-4-14(5-7-15)13-19-21-11-9-20(10-12-21)16-3-1-2-8-18-16/h1-8,13H,9-12H2. The molecule has 0 N–H and O–H groups in total. The molecule has 5 heteroatoms. The number of hydrogen-bond acceptors (Lipinski definition) is 4. The number of nitrogens with zero attached hydrogens (tertiary/aromatic N) is 4. The van der Waals surface area contributed by atoms with Gasteiger partial charge in [0.25, 0.3) is 0 Å². The number of piperazine rings is 1. The second-order valence-corrected chi connectivity index (χ2v) is 5.84. The van der Waals surface area contributed by atoms with Gasteiger partial charge in [0.2, 0.25) is 0 Å². The molecule has 1 saturated heterocycles. The molecule has 1 fully saturated rings. The van der Waals surface area contributed by atoms with Gasteiger partial charge in [-0.05, 0) is 29.8 Å². The molecule has 4 nitrogen and oxygen atoms in total. The first-order chi connectivity index (χ1) is 10.3. The number of halogens is 1. The summed E-state index contributed by atoms with van der Waals surface area (Å²) in [6, 6.07) is 14.2. The van der Waals surface area contributed by atoms with E-state index in [-0.39, 0.29) is 0 Å². The van der Waals surface area contributed by atoms with Crippen molar-refractivity contribution in [1.29, 1.82) is 0 Å². The van der Waals surface area contributed by atoms with Crippen LogP contribution in [0.4, 0.5) is 5.82 Å². The van der Waals surface area contributed by atoms with Crippen LogP contribution in [0.25, 0.3) is 0 Å². The Balaban J connectivity index is 1.55. The number of pyridine rings is 1. The van der Waals surface area contributed by atoms with Crippen molar-refractivity contribution < 1.29 is 0 Å². The Hall–Kier alpha value is -1.88. The Kier molecular flexibility index (Phi) is 4.50. The summed E-state index contributed by atoms with van der Waals surface area (Å²) in [4.78, 5) is 6.69. The second-order valence-electron chi connectivity index (χ2n) is 4.92. The lowest BCUT2D eigenvalue weighted by Crippen LogP contribution is -2.44. The Morgan fingerprint density at radius 2 is 1.76 bits per heavy atom. The maximum Gasteiger partial charge on any atom is 0.128 e. The molecular formula is C16H17BrN4. The lowest BCUT2D eigenvalue weighted by atomic mass is 10.2. The Morgan fingerprint density at radius 1 is 1.00 bits per heavy atom. The van der Waals surface area contributed by atoms with E-state index in [4.69, 9.17) is 0 Å². The number of aromatic nitrogens is 1. The fourth-order valence-electron chi connectivity index (χ4n) is 2.28. The number of rotatable bonds is 3. The van der Waals surface area contributed by atoms with Gasteiger partial charge in [0.1, 0.15) is 5.82 Å². The molecule has 1 aliphatic rings. The van der Waals surface area contributed by atoms with Crippen LogP contribution in [0.5, 0.6) is 0 Å². The Morgan fingerprint density at radius 3 is 2.43 bits per heavy atom. The van der Waals surface area contributed by atoms with Gasteiger partial charge in [-0.25, -0.2) is 4.98 Å². The quantitative estimate of drug-likeness (QED) is 0.802. The molecule has 0 aliphatic carbocycles. The first-order valence-corrected chi connectivity index (χ1v) is 7.81. The minimum Gasteiger partial charge on any atom is -0.353 e. The van der Waals surface area contributed by atoms with E-state index in [0.29, 0.717) is 0 Å². The van der Waals surface area contributed by atoms with Crippen LogP contribution in [0, 0.1) is 0 Å². The summed E-state index contributed by atoms with van der Waals surface area (Å²) in [6.07, 6.45) is 3.76. The first-order valence-electron chi connectivity index (χ1n) is 7.02. The summed E-state index contributed by atoms with van der Waals surface area (Å²) in [5.74, 6) is 1.05. The molecule has 0 amide bonds. The highest BCUT2D eigenvalue weighted by Crippen LogP contribution is 2.13. The van der Waals surface area contributed by atoms with Gasteiger partial charge >= 0.3 is 0 Å². The van der Waals surface area contributed by atoms with E-state index in [2.05, 4.69) is 54.1 Å². The largest absolute Gasteiger partial charge is 0.353 e. The van der Waals surface area contributed by atoms with Crippen molar-refractivity contribution in [3.8, 4) is 0 Å². The average Bonchev–Trinajstić information content (AvgIpc) is 2.56. The zero-order valence-corrected chi connectivity index (χ0v) is 13.3. The van der Waals surface area contributed by atoms with Gasteiger partial charge in [0.15, 0.2) is 0 Å². The van der Waals surface area contributed by atoms with E-state index in [0.717, 1.165) is 42.0 Å². The summed E-state index contributed by atoms with van der Waals surface area (Å²) in [7, 11) is 0. The van der Waals surface area contributed by atoms with Crippen molar-refractivity contribution in [2.24, 2.45) is 5.10 Å². The third-order valence-corrected chi connectivity index (χ3v) is 4.00. The predicted molar refractivity (Wildman–Crippen MR) is 89.8 cm³/mol. The molecule has 1 aromatic heterocycles.